The Morgan fingerprint density at radius 2 is 1.48 bits per heavy atom. The Bertz CT molecular complexity index is 656. The molecule has 0 unspecified atom stereocenters. The predicted molar refractivity (Wildman–Crippen MR) is 92.7 cm³/mol. The summed E-state index contributed by atoms with van der Waals surface area (Å²) in [6.07, 6.45) is 0. The van der Waals surface area contributed by atoms with Crippen LogP contribution < -0.4 is 0 Å². The molecule has 0 radical (unpaired) electrons. The maximum atomic E-state index is 7.81. The summed E-state index contributed by atoms with van der Waals surface area (Å²) >= 11 is 5.98. The monoisotopic (exact) mass is 299 g/mol. The minimum Gasteiger partial charge on any atom is -0.289 e. The molecule has 0 amide bonds. The Balaban J connectivity index is 2.76. The van der Waals surface area contributed by atoms with Gasteiger partial charge in [-0.25, -0.2) is 0 Å². The van der Waals surface area contributed by atoms with Gasteiger partial charge < -0.3 is 0 Å². The first-order valence-corrected chi connectivity index (χ1v) is 7.78. The minimum atomic E-state index is 0.0928. The highest BCUT2D eigenvalue weighted by Gasteiger charge is 2.17. The van der Waals surface area contributed by atoms with E-state index in [1.807, 2.05) is 18.2 Å². The molecule has 0 atom stereocenters. The first-order chi connectivity index (χ1) is 9.93. The molecule has 2 aromatic rings. The highest BCUT2D eigenvalue weighted by Crippen LogP contribution is 2.36. The van der Waals surface area contributed by atoms with E-state index in [-0.39, 0.29) is 5.17 Å². The van der Waals surface area contributed by atoms with Crippen molar-refractivity contribution in [3.8, 4) is 11.1 Å². The van der Waals surface area contributed by atoms with Crippen LogP contribution in [-0.4, -0.2) is 5.17 Å². The molecular weight excluding hydrogens is 278 g/mol. The zero-order chi connectivity index (χ0) is 15.6. The van der Waals surface area contributed by atoms with Gasteiger partial charge in [0.25, 0.3) is 0 Å². The van der Waals surface area contributed by atoms with Crippen LogP contribution in [0, 0.1) is 5.41 Å². The van der Waals surface area contributed by atoms with Crippen molar-refractivity contribution in [2.75, 3.05) is 0 Å². The molecule has 21 heavy (non-hydrogen) atoms. The molecule has 110 valence electrons. The molecule has 1 nitrogen and oxygen atoms in total. The first kappa shape index (κ1) is 15.8. The molecule has 0 aliphatic carbocycles. The van der Waals surface area contributed by atoms with Crippen LogP contribution in [0.3, 0.4) is 0 Å². The van der Waals surface area contributed by atoms with Gasteiger partial charge in [0.05, 0.1) is 0 Å². The molecule has 0 aliphatic rings. The maximum Gasteiger partial charge on any atom is 0.128 e. The quantitative estimate of drug-likeness (QED) is 0.653. The maximum absolute atomic E-state index is 7.81. The van der Waals surface area contributed by atoms with Crippen molar-refractivity contribution in [2.45, 2.75) is 39.5 Å². The summed E-state index contributed by atoms with van der Waals surface area (Å²) < 4.78 is 0. The normalized spacial score (nSPS) is 11.2. The highest BCUT2D eigenvalue weighted by atomic mass is 35.5. The van der Waals surface area contributed by atoms with E-state index in [2.05, 4.69) is 52.0 Å². The van der Waals surface area contributed by atoms with Gasteiger partial charge in [-0.05, 0) is 34.1 Å². The third kappa shape index (κ3) is 3.19. The fourth-order valence-corrected chi connectivity index (χ4v) is 3.04. The van der Waals surface area contributed by atoms with Crippen molar-refractivity contribution in [1.82, 2.24) is 0 Å². The lowest BCUT2D eigenvalue weighted by Crippen LogP contribution is -2.03. The topological polar surface area (TPSA) is 23.9 Å². The van der Waals surface area contributed by atoms with Crippen LogP contribution in [0.15, 0.2) is 42.5 Å². The Hall–Kier alpha value is -1.60. The van der Waals surface area contributed by atoms with Crippen molar-refractivity contribution in [3.05, 3.63) is 59.2 Å². The van der Waals surface area contributed by atoms with Gasteiger partial charge in [0.15, 0.2) is 0 Å². The standard InChI is InChI=1S/C19H22ClN/c1-12(2)14-10-7-11-16(18(14)13(3)4)15-8-5-6-9-17(15)19(20)21/h5-13,21H,1-4H3. The number of halogens is 1. The number of benzene rings is 2. The summed E-state index contributed by atoms with van der Waals surface area (Å²) in [6.45, 7) is 8.89. The van der Waals surface area contributed by atoms with Gasteiger partial charge in [0, 0.05) is 5.56 Å². The van der Waals surface area contributed by atoms with Gasteiger partial charge >= 0.3 is 0 Å². The van der Waals surface area contributed by atoms with Crippen molar-refractivity contribution in [2.24, 2.45) is 0 Å². The van der Waals surface area contributed by atoms with Gasteiger partial charge in [-0.3, -0.25) is 5.41 Å². The summed E-state index contributed by atoms with van der Waals surface area (Å²) in [7, 11) is 0. The fraction of sp³-hybridized carbons (Fsp3) is 0.316. The second kappa shape index (κ2) is 6.44. The number of rotatable bonds is 4. The largest absolute Gasteiger partial charge is 0.289 e. The van der Waals surface area contributed by atoms with Crippen molar-refractivity contribution < 1.29 is 0 Å². The van der Waals surface area contributed by atoms with E-state index in [1.165, 1.54) is 16.7 Å². The summed E-state index contributed by atoms with van der Waals surface area (Å²) in [5.74, 6) is 0.904. The molecule has 0 bridgehead atoms. The molecule has 1 N–H and O–H groups in total. The minimum absolute atomic E-state index is 0.0928. The number of hydrogen-bond acceptors (Lipinski definition) is 1. The SMILES string of the molecule is CC(C)c1cccc(-c2ccccc2C(=N)Cl)c1C(C)C. The predicted octanol–water partition coefficient (Wildman–Crippen LogP) is 6.16. The Labute approximate surface area is 132 Å². The Kier molecular flexibility index (Phi) is 4.84. The number of hydrogen-bond donors (Lipinski definition) is 1. The van der Waals surface area contributed by atoms with Crippen LogP contribution in [0.1, 0.15) is 56.2 Å². The Morgan fingerprint density at radius 1 is 0.857 bits per heavy atom. The first-order valence-electron chi connectivity index (χ1n) is 7.40. The molecule has 2 aromatic carbocycles. The van der Waals surface area contributed by atoms with E-state index in [4.69, 9.17) is 17.0 Å². The smallest absolute Gasteiger partial charge is 0.128 e. The zero-order valence-corrected chi connectivity index (χ0v) is 13.8. The van der Waals surface area contributed by atoms with Gasteiger partial charge in [-0.1, -0.05) is 81.8 Å². The van der Waals surface area contributed by atoms with Crippen LogP contribution in [0.5, 0.6) is 0 Å². The lowest BCUT2D eigenvalue weighted by molar-refractivity contribution is 0.792. The van der Waals surface area contributed by atoms with E-state index in [0.29, 0.717) is 11.8 Å². The summed E-state index contributed by atoms with van der Waals surface area (Å²) in [4.78, 5) is 0. The second-order valence-corrected chi connectivity index (χ2v) is 6.36. The molecule has 0 fully saturated rings. The van der Waals surface area contributed by atoms with Crippen molar-refractivity contribution in [3.63, 3.8) is 0 Å². The van der Waals surface area contributed by atoms with Gasteiger partial charge in [0.1, 0.15) is 5.17 Å². The van der Waals surface area contributed by atoms with Gasteiger partial charge in [-0.15, -0.1) is 0 Å². The fourth-order valence-electron chi connectivity index (χ4n) is 2.88. The molecule has 0 aromatic heterocycles. The highest BCUT2D eigenvalue weighted by molar-refractivity contribution is 6.69. The van der Waals surface area contributed by atoms with Crippen LogP contribution in [0.4, 0.5) is 0 Å². The van der Waals surface area contributed by atoms with Crippen molar-refractivity contribution >= 4 is 16.8 Å². The number of nitrogens with one attached hydrogen (secondary N) is 1. The molecular formula is C19H22ClN. The van der Waals surface area contributed by atoms with E-state index in [1.54, 1.807) is 0 Å². The molecule has 0 heterocycles. The lowest BCUT2D eigenvalue weighted by Gasteiger charge is -2.21. The molecule has 0 aliphatic heterocycles. The zero-order valence-electron chi connectivity index (χ0n) is 13.1. The third-order valence-corrected chi connectivity index (χ3v) is 4.00. The molecule has 2 rings (SSSR count). The van der Waals surface area contributed by atoms with E-state index < -0.39 is 0 Å². The lowest BCUT2D eigenvalue weighted by atomic mass is 9.83. The van der Waals surface area contributed by atoms with Crippen LogP contribution in [-0.2, 0) is 0 Å². The van der Waals surface area contributed by atoms with E-state index >= 15 is 0 Å². The van der Waals surface area contributed by atoms with E-state index in [9.17, 15) is 0 Å². The average molecular weight is 300 g/mol. The van der Waals surface area contributed by atoms with Gasteiger partial charge in [0.2, 0.25) is 0 Å². The molecule has 0 saturated heterocycles. The molecule has 2 heteroatoms. The molecule has 0 saturated carbocycles. The third-order valence-electron chi connectivity index (χ3n) is 3.79. The Morgan fingerprint density at radius 3 is 2.05 bits per heavy atom. The van der Waals surface area contributed by atoms with Crippen molar-refractivity contribution in [1.29, 1.82) is 5.41 Å². The molecule has 0 spiro atoms. The van der Waals surface area contributed by atoms with Crippen LogP contribution >= 0.6 is 11.6 Å². The van der Waals surface area contributed by atoms with E-state index in [0.717, 1.165) is 11.1 Å². The summed E-state index contributed by atoms with van der Waals surface area (Å²) in [6, 6.07) is 14.3. The average Bonchev–Trinajstić information content (AvgIpc) is 2.46. The summed E-state index contributed by atoms with van der Waals surface area (Å²) in [5.41, 5.74) is 5.76. The van der Waals surface area contributed by atoms with Gasteiger partial charge in [-0.2, -0.15) is 0 Å². The van der Waals surface area contributed by atoms with Crippen LogP contribution in [0.2, 0.25) is 0 Å². The van der Waals surface area contributed by atoms with Crippen LogP contribution in [0.25, 0.3) is 11.1 Å². The summed E-state index contributed by atoms with van der Waals surface area (Å²) in [5, 5.41) is 7.90. The second-order valence-electron chi connectivity index (χ2n) is 5.98.